The molecule has 100 valence electrons. The normalized spacial score (nSPS) is 20.1. The maximum Gasteiger partial charge on any atom is 0.123 e. The molecule has 1 aliphatic heterocycles. The zero-order valence-corrected chi connectivity index (χ0v) is 12.6. The first-order valence-corrected chi connectivity index (χ1v) is 7.32. The van der Waals surface area contributed by atoms with E-state index in [-0.39, 0.29) is 11.0 Å². The topological polar surface area (TPSA) is 9.23 Å². The summed E-state index contributed by atoms with van der Waals surface area (Å²) in [6.07, 6.45) is 3.33. The molecular formula is C16H23ClO. The number of hydrogen-bond acceptors (Lipinski definition) is 1. The number of rotatable bonds is 4. The summed E-state index contributed by atoms with van der Waals surface area (Å²) in [6.45, 7) is 8.70. The van der Waals surface area contributed by atoms with Crippen LogP contribution in [0.3, 0.4) is 0 Å². The van der Waals surface area contributed by atoms with Crippen molar-refractivity contribution in [2.45, 2.75) is 57.9 Å². The molecule has 2 unspecified atom stereocenters. The summed E-state index contributed by atoms with van der Waals surface area (Å²) >= 11 is 6.57. The van der Waals surface area contributed by atoms with Gasteiger partial charge in [0, 0.05) is 6.42 Å². The van der Waals surface area contributed by atoms with Gasteiger partial charge in [-0.2, -0.15) is 0 Å². The van der Waals surface area contributed by atoms with Gasteiger partial charge >= 0.3 is 0 Å². The molecule has 2 atom stereocenters. The molecule has 0 N–H and O–H groups in total. The van der Waals surface area contributed by atoms with Crippen molar-refractivity contribution < 1.29 is 4.74 Å². The molecule has 0 saturated heterocycles. The van der Waals surface area contributed by atoms with Crippen molar-refractivity contribution in [3.8, 4) is 5.75 Å². The Labute approximate surface area is 115 Å². The fourth-order valence-electron chi connectivity index (χ4n) is 2.73. The number of halogens is 1. The van der Waals surface area contributed by atoms with Gasteiger partial charge in [-0.05, 0) is 43.4 Å². The Hall–Kier alpha value is -0.690. The van der Waals surface area contributed by atoms with Crippen LogP contribution in [0.4, 0.5) is 0 Å². The molecule has 1 heterocycles. The van der Waals surface area contributed by atoms with Crippen molar-refractivity contribution in [3.63, 3.8) is 0 Å². The Morgan fingerprint density at radius 2 is 2.11 bits per heavy atom. The highest BCUT2D eigenvalue weighted by molar-refractivity contribution is 6.21. The largest absolute Gasteiger partial charge is 0.487 e. The van der Waals surface area contributed by atoms with Gasteiger partial charge in [0.05, 0.1) is 5.38 Å². The summed E-state index contributed by atoms with van der Waals surface area (Å²) in [5, 5.41) is 0.110. The van der Waals surface area contributed by atoms with Crippen LogP contribution in [-0.4, -0.2) is 5.60 Å². The number of hydrogen-bond donors (Lipinski definition) is 0. The van der Waals surface area contributed by atoms with Crippen molar-refractivity contribution in [2.24, 2.45) is 5.92 Å². The second-order valence-corrected chi connectivity index (χ2v) is 6.54. The van der Waals surface area contributed by atoms with Crippen LogP contribution >= 0.6 is 11.6 Å². The van der Waals surface area contributed by atoms with E-state index in [1.54, 1.807) is 0 Å². The van der Waals surface area contributed by atoms with Gasteiger partial charge in [-0.15, -0.1) is 11.6 Å². The Balaban J connectivity index is 2.18. The third kappa shape index (κ3) is 2.83. The van der Waals surface area contributed by atoms with Crippen molar-refractivity contribution in [2.75, 3.05) is 0 Å². The first-order chi connectivity index (χ1) is 8.43. The fraction of sp³-hybridized carbons (Fsp3) is 0.625. The molecule has 0 spiro atoms. The lowest BCUT2D eigenvalue weighted by atomic mass is 9.93. The minimum absolute atomic E-state index is 0.0716. The van der Waals surface area contributed by atoms with Gasteiger partial charge in [-0.3, -0.25) is 0 Å². The highest BCUT2D eigenvalue weighted by Gasteiger charge is 2.30. The van der Waals surface area contributed by atoms with E-state index in [9.17, 15) is 0 Å². The molecule has 2 heteroatoms. The highest BCUT2D eigenvalue weighted by atomic mass is 35.5. The molecule has 1 aliphatic rings. The Morgan fingerprint density at radius 3 is 2.78 bits per heavy atom. The van der Waals surface area contributed by atoms with Crippen LogP contribution in [-0.2, 0) is 6.42 Å². The molecule has 1 nitrogen and oxygen atoms in total. The monoisotopic (exact) mass is 266 g/mol. The lowest BCUT2D eigenvalue weighted by molar-refractivity contribution is 0.138. The van der Waals surface area contributed by atoms with Crippen molar-refractivity contribution >= 4 is 11.6 Å². The van der Waals surface area contributed by atoms with Gasteiger partial charge in [0.2, 0.25) is 0 Å². The van der Waals surface area contributed by atoms with E-state index >= 15 is 0 Å². The fourth-order valence-corrected chi connectivity index (χ4v) is 2.99. The lowest BCUT2D eigenvalue weighted by Crippen LogP contribution is -2.24. The molecule has 2 rings (SSSR count). The predicted octanol–water partition coefficient (Wildman–Crippen LogP) is 5.12. The SMILES string of the molecule is CCCC(C)C(Cl)c1ccc2c(c1)CC(C)(C)O2. The van der Waals surface area contributed by atoms with Crippen molar-refractivity contribution in [1.82, 2.24) is 0 Å². The van der Waals surface area contributed by atoms with Gasteiger partial charge in [-0.1, -0.05) is 32.4 Å². The van der Waals surface area contributed by atoms with E-state index in [2.05, 4.69) is 45.9 Å². The second kappa shape index (κ2) is 5.13. The maximum absolute atomic E-state index is 6.57. The van der Waals surface area contributed by atoms with Crippen LogP contribution in [0.25, 0.3) is 0 Å². The molecule has 0 bridgehead atoms. The molecule has 0 amide bonds. The summed E-state index contributed by atoms with van der Waals surface area (Å²) in [4.78, 5) is 0. The summed E-state index contributed by atoms with van der Waals surface area (Å²) in [7, 11) is 0. The van der Waals surface area contributed by atoms with Gasteiger partial charge in [0.15, 0.2) is 0 Å². The molecule has 18 heavy (non-hydrogen) atoms. The zero-order valence-electron chi connectivity index (χ0n) is 11.8. The van der Waals surface area contributed by atoms with Crippen molar-refractivity contribution in [3.05, 3.63) is 29.3 Å². The number of benzene rings is 1. The molecule has 0 aromatic heterocycles. The summed E-state index contributed by atoms with van der Waals surface area (Å²) in [5.41, 5.74) is 2.46. The van der Waals surface area contributed by atoms with E-state index in [1.807, 2.05) is 0 Å². The lowest BCUT2D eigenvalue weighted by Gasteiger charge is -2.18. The first kappa shape index (κ1) is 13.7. The highest BCUT2D eigenvalue weighted by Crippen LogP contribution is 2.39. The molecule has 0 fully saturated rings. The van der Waals surface area contributed by atoms with E-state index in [0.29, 0.717) is 5.92 Å². The van der Waals surface area contributed by atoms with E-state index in [0.717, 1.165) is 12.2 Å². The molecule has 0 saturated carbocycles. The number of ether oxygens (including phenoxy) is 1. The smallest absolute Gasteiger partial charge is 0.123 e. The van der Waals surface area contributed by atoms with E-state index < -0.39 is 0 Å². The third-order valence-electron chi connectivity index (χ3n) is 3.65. The van der Waals surface area contributed by atoms with Gasteiger partial charge in [0.25, 0.3) is 0 Å². The second-order valence-electron chi connectivity index (χ2n) is 6.07. The van der Waals surface area contributed by atoms with Gasteiger partial charge in [-0.25, -0.2) is 0 Å². The number of alkyl halides is 1. The van der Waals surface area contributed by atoms with Crippen LogP contribution in [0.15, 0.2) is 18.2 Å². The Morgan fingerprint density at radius 1 is 1.39 bits per heavy atom. The average Bonchev–Trinajstić information content (AvgIpc) is 2.60. The number of fused-ring (bicyclic) bond motifs is 1. The summed E-state index contributed by atoms with van der Waals surface area (Å²) in [5.74, 6) is 1.54. The maximum atomic E-state index is 6.57. The Kier molecular flexibility index (Phi) is 3.91. The molecule has 1 aromatic carbocycles. The third-order valence-corrected chi connectivity index (χ3v) is 4.33. The minimum atomic E-state index is -0.0716. The first-order valence-electron chi connectivity index (χ1n) is 6.89. The molecule has 1 aromatic rings. The minimum Gasteiger partial charge on any atom is -0.487 e. The quantitative estimate of drug-likeness (QED) is 0.688. The Bertz CT molecular complexity index is 425. The predicted molar refractivity (Wildman–Crippen MR) is 77.5 cm³/mol. The molecule has 0 aliphatic carbocycles. The standard InChI is InChI=1S/C16H23ClO/c1-5-6-11(2)15(17)12-7-8-14-13(9-12)10-16(3,4)18-14/h7-9,11,15H,5-6,10H2,1-4H3. The van der Waals surface area contributed by atoms with Crippen LogP contribution < -0.4 is 4.74 Å². The van der Waals surface area contributed by atoms with Gasteiger partial charge in [0.1, 0.15) is 11.4 Å². The molecular weight excluding hydrogens is 244 g/mol. The van der Waals surface area contributed by atoms with E-state index in [4.69, 9.17) is 16.3 Å². The zero-order chi connectivity index (χ0) is 13.3. The van der Waals surface area contributed by atoms with Crippen LogP contribution in [0.1, 0.15) is 57.0 Å². The van der Waals surface area contributed by atoms with Crippen LogP contribution in [0.5, 0.6) is 5.75 Å². The molecule has 0 radical (unpaired) electrons. The van der Waals surface area contributed by atoms with Crippen LogP contribution in [0, 0.1) is 5.92 Å². The summed E-state index contributed by atoms with van der Waals surface area (Å²) < 4.78 is 5.89. The van der Waals surface area contributed by atoms with Crippen molar-refractivity contribution in [1.29, 1.82) is 0 Å². The van der Waals surface area contributed by atoms with Gasteiger partial charge < -0.3 is 4.74 Å². The average molecular weight is 267 g/mol. The van der Waals surface area contributed by atoms with E-state index in [1.165, 1.54) is 24.0 Å². The summed E-state index contributed by atoms with van der Waals surface area (Å²) in [6, 6.07) is 6.42. The van der Waals surface area contributed by atoms with Crippen LogP contribution in [0.2, 0.25) is 0 Å².